The van der Waals surface area contributed by atoms with Crippen molar-refractivity contribution >= 4 is 37.4 Å². The molecule has 1 aliphatic rings. The molecule has 1 fully saturated rings. The summed E-state index contributed by atoms with van der Waals surface area (Å²) in [6.07, 6.45) is 2.55. The van der Waals surface area contributed by atoms with Gasteiger partial charge in [0.2, 0.25) is 0 Å². The van der Waals surface area contributed by atoms with Crippen LogP contribution in [-0.2, 0) is 5.41 Å². The Morgan fingerprint density at radius 2 is 1.65 bits per heavy atom. The van der Waals surface area contributed by atoms with Gasteiger partial charge in [0.25, 0.3) is 0 Å². The minimum atomic E-state index is 0.297. The zero-order valence-corrected chi connectivity index (χ0v) is 13.5. The molecule has 100 valence electrons. The minimum Gasteiger partial charge on any atom is -0.143 e. The number of alkyl halides is 1. The van der Waals surface area contributed by atoms with Crippen LogP contribution in [0.15, 0.2) is 60.0 Å². The Morgan fingerprint density at radius 3 is 2.40 bits per heavy atom. The maximum Gasteiger partial charge on any atom is 0.0506 e. The summed E-state index contributed by atoms with van der Waals surface area (Å²) in [5, 5.41) is 3.73. The lowest BCUT2D eigenvalue weighted by Gasteiger charge is -2.22. The predicted octanol–water partition coefficient (Wildman–Crippen LogP) is 6.07. The Morgan fingerprint density at radius 1 is 0.950 bits per heavy atom. The highest BCUT2D eigenvalue weighted by molar-refractivity contribution is 9.09. The molecule has 0 nitrogen and oxygen atoms in total. The molecule has 0 saturated heterocycles. The van der Waals surface area contributed by atoms with Crippen molar-refractivity contribution in [2.24, 2.45) is 0 Å². The SMILES string of the molecule is BrC(c1csc2ccccc12)C1(c2ccccc2)CC1. The predicted molar refractivity (Wildman–Crippen MR) is 90.8 cm³/mol. The monoisotopic (exact) mass is 342 g/mol. The molecule has 0 aliphatic heterocycles. The average molecular weight is 343 g/mol. The smallest absolute Gasteiger partial charge is 0.0506 e. The summed E-state index contributed by atoms with van der Waals surface area (Å²) in [7, 11) is 0. The Bertz CT molecular complexity index is 740. The number of fused-ring (bicyclic) bond motifs is 1. The van der Waals surface area contributed by atoms with Crippen LogP contribution in [0.25, 0.3) is 10.1 Å². The van der Waals surface area contributed by atoms with E-state index in [1.807, 2.05) is 11.3 Å². The second-order valence-electron chi connectivity index (χ2n) is 5.57. The topological polar surface area (TPSA) is 0 Å². The first-order chi connectivity index (χ1) is 9.81. The van der Waals surface area contributed by atoms with E-state index in [4.69, 9.17) is 0 Å². The van der Waals surface area contributed by atoms with Gasteiger partial charge in [-0.05, 0) is 40.8 Å². The first-order valence-corrected chi connectivity index (χ1v) is 8.76. The summed E-state index contributed by atoms with van der Waals surface area (Å²) in [6, 6.07) is 19.7. The van der Waals surface area contributed by atoms with E-state index in [2.05, 4.69) is 75.9 Å². The molecule has 20 heavy (non-hydrogen) atoms. The molecule has 0 amide bonds. The Labute approximate surface area is 131 Å². The van der Waals surface area contributed by atoms with E-state index in [9.17, 15) is 0 Å². The van der Waals surface area contributed by atoms with Gasteiger partial charge in [-0.15, -0.1) is 11.3 Å². The molecule has 2 heteroatoms. The molecule has 3 aromatic rings. The van der Waals surface area contributed by atoms with Gasteiger partial charge >= 0.3 is 0 Å². The normalized spacial score (nSPS) is 18.1. The molecule has 0 N–H and O–H groups in total. The third kappa shape index (κ3) is 1.86. The van der Waals surface area contributed by atoms with Crippen molar-refractivity contribution in [2.75, 3.05) is 0 Å². The van der Waals surface area contributed by atoms with Gasteiger partial charge in [-0.25, -0.2) is 0 Å². The van der Waals surface area contributed by atoms with Crippen molar-refractivity contribution in [3.05, 3.63) is 71.1 Å². The van der Waals surface area contributed by atoms with Crippen LogP contribution in [-0.4, -0.2) is 0 Å². The first-order valence-electron chi connectivity index (χ1n) is 6.97. The van der Waals surface area contributed by atoms with E-state index >= 15 is 0 Å². The third-order valence-electron chi connectivity index (χ3n) is 4.41. The highest BCUT2D eigenvalue weighted by Gasteiger charge is 2.50. The molecule has 1 aliphatic carbocycles. The fourth-order valence-corrected chi connectivity index (χ4v) is 5.35. The number of rotatable bonds is 3. The summed E-state index contributed by atoms with van der Waals surface area (Å²) >= 11 is 5.87. The second kappa shape index (κ2) is 4.71. The summed E-state index contributed by atoms with van der Waals surface area (Å²) in [5.74, 6) is 0. The van der Waals surface area contributed by atoms with Crippen LogP contribution >= 0.6 is 27.3 Å². The molecular weight excluding hydrogens is 328 g/mol. The first kappa shape index (κ1) is 12.6. The molecule has 1 aromatic heterocycles. The number of hydrogen-bond donors (Lipinski definition) is 0. The van der Waals surface area contributed by atoms with Crippen molar-refractivity contribution in [1.82, 2.24) is 0 Å². The lowest BCUT2D eigenvalue weighted by atomic mass is 9.88. The van der Waals surface area contributed by atoms with Crippen LogP contribution in [0.3, 0.4) is 0 Å². The quantitative estimate of drug-likeness (QED) is 0.506. The van der Waals surface area contributed by atoms with Gasteiger partial charge in [0, 0.05) is 10.1 Å². The van der Waals surface area contributed by atoms with E-state index in [0.29, 0.717) is 10.2 Å². The summed E-state index contributed by atoms with van der Waals surface area (Å²) in [6.45, 7) is 0. The van der Waals surface area contributed by atoms with Crippen molar-refractivity contribution in [3.8, 4) is 0 Å². The fourth-order valence-electron chi connectivity index (χ4n) is 3.09. The maximum atomic E-state index is 4.01. The van der Waals surface area contributed by atoms with E-state index in [0.717, 1.165) is 0 Å². The van der Waals surface area contributed by atoms with E-state index in [-0.39, 0.29) is 0 Å². The third-order valence-corrected chi connectivity index (χ3v) is 6.76. The number of thiophene rings is 1. The Balaban J connectivity index is 1.79. The van der Waals surface area contributed by atoms with Gasteiger partial charge in [0.05, 0.1) is 4.83 Å². The number of hydrogen-bond acceptors (Lipinski definition) is 1. The van der Waals surface area contributed by atoms with Crippen molar-refractivity contribution in [3.63, 3.8) is 0 Å². The number of halogens is 1. The Hall–Kier alpha value is -1.12. The molecule has 0 bridgehead atoms. The van der Waals surface area contributed by atoms with E-state index in [1.165, 1.54) is 34.1 Å². The highest BCUT2D eigenvalue weighted by Crippen LogP contribution is 2.61. The van der Waals surface area contributed by atoms with E-state index in [1.54, 1.807) is 0 Å². The standard InChI is InChI=1S/C18H15BrS/c19-17(15-12-20-16-9-5-4-8-14(15)16)18(10-11-18)13-6-2-1-3-7-13/h1-9,12,17H,10-11H2. The lowest BCUT2D eigenvalue weighted by molar-refractivity contribution is 0.685. The van der Waals surface area contributed by atoms with Gasteiger partial charge in [-0.3, -0.25) is 0 Å². The molecule has 1 unspecified atom stereocenters. The molecular formula is C18H15BrS. The molecule has 0 radical (unpaired) electrons. The van der Waals surface area contributed by atoms with Crippen LogP contribution in [0, 0.1) is 0 Å². The molecule has 1 heterocycles. The van der Waals surface area contributed by atoms with Crippen LogP contribution in [0.4, 0.5) is 0 Å². The molecule has 1 atom stereocenters. The second-order valence-corrected chi connectivity index (χ2v) is 7.40. The zero-order chi connectivity index (χ0) is 13.6. The van der Waals surface area contributed by atoms with Crippen LogP contribution in [0.2, 0.25) is 0 Å². The van der Waals surface area contributed by atoms with Gasteiger partial charge in [-0.2, -0.15) is 0 Å². The minimum absolute atomic E-state index is 0.297. The Kier molecular flexibility index (Phi) is 2.97. The summed E-state index contributed by atoms with van der Waals surface area (Å²) in [4.78, 5) is 0.411. The fraction of sp³-hybridized carbons (Fsp3) is 0.222. The lowest BCUT2D eigenvalue weighted by Crippen LogP contribution is -2.13. The highest BCUT2D eigenvalue weighted by atomic mass is 79.9. The molecule has 2 aromatic carbocycles. The number of benzene rings is 2. The van der Waals surface area contributed by atoms with Gasteiger partial charge in [-0.1, -0.05) is 64.5 Å². The van der Waals surface area contributed by atoms with Gasteiger partial charge in [0.1, 0.15) is 0 Å². The van der Waals surface area contributed by atoms with Crippen molar-refractivity contribution in [2.45, 2.75) is 23.1 Å². The maximum absolute atomic E-state index is 4.01. The van der Waals surface area contributed by atoms with Crippen molar-refractivity contribution < 1.29 is 0 Å². The van der Waals surface area contributed by atoms with Gasteiger partial charge < -0.3 is 0 Å². The summed E-state index contributed by atoms with van der Waals surface area (Å²) < 4.78 is 1.39. The molecule has 4 rings (SSSR count). The average Bonchev–Trinajstić information content (AvgIpc) is 3.21. The van der Waals surface area contributed by atoms with E-state index < -0.39 is 0 Å². The largest absolute Gasteiger partial charge is 0.143 e. The van der Waals surface area contributed by atoms with Crippen molar-refractivity contribution in [1.29, 1.82) is 0 Å². The molecule has 1 saturated carbocycles. The van der Waals surface area contributed by atoms with Crippen LogP contribution < -0.4 is 0 Å². The molecule has 0 spiro atoms. The van der Waals surface area contributed by atoms with Gasteiger partial charge in [0.15, 0.2) is 0 Å². The van der Waals surface area contributed by atoms with Crippen LogP contribution in [0.5, 0.6) is 0 Å². The zero-order valence-electron chi connectivity index (χ0n) is 11.1. The van der Waals surface area contributed by atoms with Crippen LogP contribution in [0.1, 0.15) is 28.8 Å². The summed E-state index contributed by atoms with van der Waals surface area (Å²) in [5.41, 5.74) is 3.22.